The van der Waals surface area contributed by atoms with Gasteiger partial charge in [0.05, 0.1) is 25.0 Å². The molecular weight excluding hydrogens is 380 g/mol. The predicted octanol–water partition coefficient (Wildman–Crippen LogP) is 3.55. The summed E-state index contributed by atoms with van der Waals surface area (Å²) in [5, 5.41) is 0. The zero-order valence-electron chi connectivity index (χ0n) is 17.4. The van der Waals surface area contributed by atoms with Crippen LogP contribution >= 0.6 is 0 Å². The van der Waals surface area contributed by atoms with Gasteiger partial charge in [-0.3, -0.25) is 4.79 Å². The molecule has 2 aliphatic heterocycles. The number of pyridine rings is 1. The summed E-state index contributed by atoms with van der Waals surface area (Å²) >= 11 is 0. The second kappa shape index (κ2) is 7.72. The van der Waals surface area contributed by atoms with E-state index in [9.17, 15) is 4.79 Å². The summed E-state index contributed by atoms with van der Waals surface area (Å²) in [6.45, 7) is 4.29. The van der Waals surface area contributed by atoms with Crippen molar-refractivity contribution in [3.63, 3.8) is 0 Å². The van der Waals surface area contributed by atoms with Gasteiger partial charge in [0.2, 0.25) is 0 Å². The Bertz CT molecular complexity index is 1090. The van der Waals surface area contributed by atoms with Crippen molar-refractivity contribution in [2.75, 3.05) is 26.9 Å². The molecule has 7 nitrogen and oxygen atoms in total. The fourth-order valence-electron chi connectivity index (χ4n) is 4.63. The first-order valence-corrected chi connectivity index (χ1v) is 10.5. The van der Waals surface area contributed by atoms with Gasteiger partial charge in [0.1, 0.15) is 11.3 Å². The number of nitrogens with zero attached hydrogens (tertiary/aromatic N) is 4. The van der Waals surface area contributed by atoms with Gasteiger partial charge in [-0.05, 0) is 55.5 Å². The molecule has 3 aromatic rings. The van der Waals surface area contributed by atoms with E-state index < -0.39 is 0 Å². The standard InChI is InChI=1S/C23H26N4O3/c1-15-20-12-19(29-2)4-3-16(20)5-8-26(15)23(28)17-11-21-22(24-13-17)27(14-25-21)18-6-9-30-10-7-18/h3-4,11-15,18H,5-10H2,1-2H3. The van der Waals surface area contributed by atoms with Gasteiger partial charge in [-0.25, -0.2) is 9.97 Å². The number of aromatic nitrogens is 3. The first-order valence-electron chi connectivity index (χ1n) is 10.5. The number of benzene rings is 1. The maximum absolute atomic E-state index is 13.3. The lowest BCUT2D eigenvalue weighted by molar-refractivity contribution is 0.0677. The van der Waals surface area contributed by atoms with Crippen LogP contribution in [-0.2, 0) is 11.2 Å². The largest absolute Gasteiger partial charge is 0.497 e. The number of carbonyl (C=O) groups excluding carboxylic acids is 1. The smallest absolute Gasteiger partial charge is 0.256 e. The van der Waals surface area contributed by atoms with Gasteiger partial charge in [0.15, 0.2) is 5.65 Å². The summed E-state index contributed by atoms with van der Waals surface area (Å²) in [5.41, 5.74) is 4.60. The molecule has 0 spiro atoms. The predicted molar refractivity (Wildman–Crippen MR) is 113 cm³/mol. The number of imidazole rings is 1. The highest BCUT2D eigenvalue weighted by atomic mass is 16.5. The lowest BCUT2D eigenvalue weighted by atomic mass is 9.93. The quantitative estimate of drug-likeness (QED) is 0.665. The van der Waals surface area contributed by atoms with Gasteiger partial charge < -0.3 is 18.9 Å². The van der Waals surface area contributed by atoms with Crippen LogP contribution in [0.4, 0.5) is 0 Å². The molecule has 0 radical (unpaired) electrons. The van der Waals surface area contributed by atoms with Crippen LogP contribution in [0.2, 0.25) is 0 Å². The minimum Gasteiger partial charge on any atom is -0.497 e. The van der Waals surface area contributed by atoms with Gasteiger partial charge in [-0.15, -0.1) is 0 Å². The molecule has 2 aliphatic rings. The lowest BCUT2D eigenvalue weighted by Crippen LogP contribution is -2.38. The van der Waals surface area contributed by atoms with Crippen molar-refractivity contribution in [2.24, 2.45) is 0 Å². The Morgan fingerprint density at radius 2 is 2.03 bits per heavy atom. The fraction of sp³-hybridized carbons (Fsp3) is 0.435. The number of carbonyl (C=O) groups is 1. The van der Waals surface area contributed by atoms with Gasteiger partial charge in [-0.1, -0.05) is 6.07 Å². The minimum atomic E-state index is -0.0214. The zero-order chi connectivity index (χ0) is 20.7. The van der Waals surface area contributed by atoms with Gasteiger partial charge in [0.25, 0.3) is 5.91 Å². The van der Waals surface area contributed by atoms with Crippen LogP contribution in [0.1, 0.15) is 53.3 Å². The first kappa shape index (κ1) is 19.1. The molecule has 0 aliphatic carbocycles. The summed E-state index contributed by atoms with van der Waals surface area (Å²) < 4.78 is 13.0. The molecule has 5 rings (SSSR count). The highest BCUT2D eigenvalue weighted by Crippen LogP contribution is 2.33. The third kappa shape index (κ3) is 3.23. The first-order chi connectivity index (χ1) is 14.7. The summed E-state index contributed by atoms with van der Waals surface area (Å²) in [6.07, 6.45) is 6.29. The molecule has 1 amide bonds. The Kier molecular flexibility index (Phi) is 4.90. The average molecular weight is 406 g/mol. The Morgan fingerprint density at radius 3 is 2.83 bits per heavy atom. The van der Waals surface area contributed by atoms with Crippen molar-refractivity contribution >= 4 is 17.1 Å². The van der Waals surface area contributed by atoms with E-state index in [-0.39, 0.29) is 11.9 Å². The monoisotopic (exact) mass is 406 g/mol. The number of hydrogen-bond acceptors (Lipinski definition) is 5. The highest BCUT2D eigenvalue weighted by molar-refractivity contribution is 5.96. The van der Waals surface area contributed by atoms with E-state index in [4.69, 9.17) is 9.47 Å². The van der Waals surface area contributed by atoms with E-state index in [1.807, 2.05) is 29.4 Å². The van der Waals surface area contributed by atoms with Crippen LogP contribution in [0.15, 0.2) is 36.8 Å². The van der Waals surface area contributed by atoms with Crippen molar-refractivity contribution < 1.29 is 14.3 Å². The van der Waals surface area contributed by atoms with E-state index in [0.717, 1.165) is 55.0 Å². The molecule has 1 fully saturated rings. The summed E-state index contributed by atoms with van der Waals surface area (Å²) in [4.78, 5) is 24.4. The molecule has 30 heavy (non-hydrogen) atoms. The van der Waals surface area contributed by atoms with Crippen molar-refractivity contribution in [2.45, 2.75) is 38.3 Å². The molecule has 7 heteroatoms. The normalized spacial score (nSPS) is 19.7. The molecule has 156 valence electrons. The maximum atomic E-state index is 13.3. The third-order valence-electron chi connectivity index (χ3n) is 6.40. The molecule has 1 atom stereocenters. The molecule has 4 heterocycles. The molecule has 1 unspecified atom stereocenters. The number of rotatable bonds is 3. The van der Waals surface area contributed by atoms with Crippen molar-refractivity contribution in [1.29, 1.82) is 0 Å². The van der Waals surface area contributed by atoms with Crippen molar-refractivity contribution in [3.05, 3.63) is 53.5 Å². The van der Waals surface area contributed by atoms with Gasteiger partial charge >= 0.3 is 0 Å². The van der Waals surface area contributed by atoms with Crippen LogP contribution in [0.25, 0.3) is 11.2 Å². The van der Waals surface area contributed by atoms with Gasteiger partial charge in [0, 0.05) is 32.0 Å². The molecule has 0 N–H and O–H groups in total. The topological polar surface area (TPSA) is 69.5 Å². The Balaban J connectivity index is 1.42. The van der Waals surface area contributed by atoms with Gasteiger partial charge in [-0.2, -0.15) is 0 Å². The van der Waals surface area contributed by atoms with E-state index in [1.165, 1.54) is 5.56 Å². The minimum absolute atomic E-state index is 0.00835. The number of hydrogen-bond donors (Lipinski definition) is 0. The second-order valence-corrected chi connectivity index (χ2v) is 8.05. The summed E-state index contributed by atoms with van der Waals surface area (Å²) in [7, 11) is 1.67. The zero-order valence-corrected chi connectivity index (χ0v) is 17.4. The van der Waals surface area contributed by atoms with Crippen LogP contribution in [0.5, 0.6) is 5.75 Å². The Morgan fingerprint density at radius 1 is 1.20 bits per heavy atom. The summed E-state index contributed by atoms with van der Waals surface area (Å²) in [5.74, 6) is 0.808. The van der Waals surface area contributed by atoms with Crippen LogP contribution in [0.3, 0.4) is 0 Å². The van der Waals surface area contributed by atoms with E-state index in [2.05, 4.69) is 27.5 Å². The molecular formula is C23H26N4O3. The maximum Gasteiger partial charge on any atom is 0.256 e. The number of methoxy groups -OCH3 is 1. The molecule has 0 saturated carbocycles. The number of amides is 1. The van der Waals surface area contributed by atoms with Crippen LogP contribution in [-0.4, -0.2) is 52.2 Å². The lowest BCUT2D eigenvalue weighted by Gasteiger charge is -2.35. The van der Waals surface area contributed by atoms with Crippen molar-refractivity contribution in [1.82, 2.24) is 19.4 Å². The van der Waals surface area contributed by atoms with E-state index in [0.29, 0.717) is 18.2 Å². The highest BCUT2D eigenvalue weighted by Gasteiger charge is 2.29. The van der Waals surface area contributed by atoms with Crippen molar-refractivity contribution in [3.8, 4) is 5.75 Å². The SMILES string of the molecule is COc1ccc2c(c1)C(C)N(C(=O)c1cnc3c(c1)ncn3C1CCOCC1)CC2. The molecule has 1 aromatic carbocycles. The Labute approximate surface area is 175 Å². The number of ether oxygens (including phenoxy) is 2. The molecule has 0 bridgehead atoms. The number of fused-ring (bicyclic) bond motifs is 2. The molecule has 2 aromatic heterocycles. The average Bonchev–Trinajstić information content (AvgIpc) is 3.22. The fourth-order valence-corrected chi connectivity index (χ4v) is 4.63. The Hall–Kier alpha value is -2.93. The third-order valence-corrected chi connectivity index (χ3v) is 6.40. The van der Waals surface area contributed by atoms with E-state index in [1.54, 1.807) is 13.3 Å². The van der Waals surface area contributed by atoms with E-state index >= 15 is 0 Å². The van der Waals surface area contributed by atoms with Crippen LogP contribution < -0.4 is 4.74 Å². The second-order valence-electron chi connectivity index (χ2n) is 8.05. The summed E-state index contributed by atoms with van der Waals surface area (Å²) in [6, 6.07) is 8.32. The molecule has 1 saturated heterocycles. The van der Waals surface area contributed by atoms with Crippen LogP contribution in [0, 0.1) is 0 Å².